The summed E-state index contributed by atoms with van der Waals surface area (Å²) in [5, 5.41) is 3.80. The lowest BCUT2D eigenvalue weighted by Crippen LogP contribution is -2.17. The average molecular weight is 282 g/mol. The van der Waals surface area contributed by atoms with Gasteiger partial charge in [-0.05, 0) is 48.9 Å². The molecule has 0 aliphatic carbocycles. The summed E-state index contributed by atoms with van der Waals surface area (Å²) < 4.78 is 26.3. The van der Waals surface area contributed by atoms with E-state index < -0.39 is 5.82 Å². The van der Waals surface area contributed by atoms with Crippen LogP contribution >= 0.6 is 11.6 Å². The third kappa shape index (κ3) is 4.30. The Morgan fingerprint density at radius 3 is 2.47 bits per heavy atom. The van der Waals surface area contributed by atoms with Crippen molar-refractivity contribution in [2.45, 2.75) is 13.0 Å². The van der Waals surface area contributed by atoms with E-state index >= 15 is 0 Å². The van der Waals surface area contributed by atoms with Gasteiger partial charge in [-0.15, -0.1) is 0 Å². The molecule has 2 aromatic rings. The molecule has 100 valence electrons. The molecule has 0 fully saturated rings. The first-order chi connectivity index (χ1) is 9.15. The van der Waals surface area contributed by atoms with Gasteiger partial charge in [0.25, 0.3) is 0 Å². The van der Waals surface area contributed by atoms with Gasteiger partial charge >= 0.3 is 0 Å². The third-order valence-corrected chi connectivity index (χ3v) is 3.08. The number of nitrogens with one attached hydrogen (secondary N) is 1. The lowest BCUT2D eigenvalue weighted by Gasteiger charge is -2.06. The van der Waals surface area contributed by atoms with Gasteiger partial charge in [0.15, 0.2) is 0 Å². The van der Waals surface area contributed by atoms with Crippen LogP contribution in [0.4, 0.5) is 8.78 Å². The fourth-order valence-corrected chi connectivity index (χ4v) is 1.91. The molecule has 0 spiro atoms. The van der Waals surface area contributed by atoms with Crippen molar-refractivity contribution in [1.29, 1.82) is 0 Å². The van der Waals surface area contributed by atoms with Gasteiger partial charge in [0.1, 0.15) is 11.6 Å². The van der Waals surface area contributed by atoms with Crippen molar-refractivity contribution in [2.75, 3.05) is 6.54 Å². The summed E-state index contributed by atoms with van der Waals surface area (Å²) >= 11 is 5.79. The van der Waals surface area contributed by atoms with Crippen molar-refractivity contribution in [3.05, 3.63) is 70.2 Å². The van der Waals surface area contributed by atoms with E-state index in [9.17, 15) is 8.78 Å². The van der Waals surface area contributed by atoms with E-state index in [0.717, 1.165) is 24.1 Å². The van der Waals surface area contributed by atoms with Gasteiger partial charge in [0.05, 0.1) is 0 Å². The fraction of sp³-hybridized carbons (Fsp3) is 0.200. The molecule has 1 N–H and O–H groups in total. The number of hydrogen-bond donors (Lipinski definition) is 1. The quantitative estimate of drug-likeness (QED) is 0.818. The van der Waals surface area contributed by atoms with E-state index in [2.05, 4.69) is 5.32 Å². The summed E-state index contributed by atoms with van der Waals surface area (Å²) in [5.74, 6) is -0.809. The SMILES string of the molecule is Fc1ccc(F)c(CNCCc2ccc(Cl)cc2)c1. The smallest absolute Gasteiger partial charge is 0.127 e. The maximum Gasteiger partial charge on any atom is 0.127 e. The second kappa shape index (κ2) is 6.64. The van der Waals surface area contributed by atoms with Gasteiger partial charge < -0.3 is 5.32 Å². The molecule has 0 bridgehead atoms. The topological polar surface area (TPSA) is 12.0 Å². The minimum atomic E-state index is -0.420. The lowest BCUT2D eigenvalue weighted by atomic mass is 10.1. The predicted molar refractivity (Wildman–Crippen MR) is 73.2 cm³/mol. The first-order valence-electron chi connectivity index (χ1n) is 6.04. The zero-order chi connectivity index (χ0) is 13.7. The van der Waals surface area contributed by atoms with Gasteiger partial charge in [0, 0.05) is 17.1 Å². The van der Waals surface area contributed by atoms with Crippen molar-refractivity contribution in [1.82, 2.24) is 5.32 Å². The second-order valence-corrected chi connectivity index (χ2v) is 4.73. The van der Waals surface area contributed by atoms with Crippen LogP contribution in [0.5, 0.6) is 0 Å². The van der Waals surface area contributed by atoms with E-state index in [0.29, 0.717) is 23.7 Å². The molecule has 4 heteroatoms. The molecular formula is C15H14ClF2N. The van der Waals surface area contributed by atoms with Crippen LogP contribution in [0, 0.1) is 11.6 Å². The molecule has 0 saturated carbocycles. The summed E-state index contributed by atoms with van der Waals surface area (Å²) in [7, 11) is 0. The van der Waals surface area contributed by atoms with Crippen molar-refractivity contribution < 1.29 is 8.78 Å². The monoisotopic (exact) mass is 281 g/mol. The Bertz CT molecular complexity index is 540. The van der Waals surface area contributed by atoms with Gasteiger partial charge in [-0.3, -0.25) is 0 Å². The highest BCUT2D eigenvalue weighted by molar-refractivity contribution is 6.30. The average Bonchev–Trinajstić information content (AvgIpc) is 2.40. The summed E-state index contributed by atoms with van der Waals surface area (Å²) in [6.07, 6.45) is 0.814. The Labute approximate surface area is 116 Å². The first kappa shape index (κ1) is 14.0. The Balaban J connectivity index is 1.80. The second-order valence-electron chi connectivity index (χ2n) is 4.29. The largest absolute Gasteiger partial charge is 0.312 e. The van der Waals surface area contributed by atoms with Crippen LogP contribution in [0.15, 0.2) is 42.5 Å². The molecule has 0 radical (unpaired) electrons. The van der Waals surface area contributed by atoms with Gasteiger partial charge in [-0.1, -0.05) is 23.7 Å². The van der Waals surface area contributed by atoms with Crippen LogP contribution in [0.25, 0.3) is 0 Å². The summed E-state index contributed by atoms with van der Waals surface area (Å²) in [4.78, 5) is 0. The Morgan fingerprint density at radius 2 is 1.74 bits per heavy atom. The molecule has 0 unspecified atom stereocenters. The zero-order valence-corrected chi connectivity index (χ0v) is 11.1. The van der Waals surface area contributed by atoms with Crippen molar-refractivity contribution >= 4 is 11.6 Å². The van der Waals surface area contributed by atoms with Crippen molar-refractivity contribution in [2.24, 2.45) is 0 Å². The van der Waals surface area contributed by atoms with E-state index in [1.807, 2.05) is 24.3 Å². The van der Waals surface area contributed by atoms with Gasteiger partial charge in [0.2, 0.25) is 0 Å². The molecule has 0 saturated heterocycles. The molecule has 0 heterocycles. The Hall–Kier alpha value is -1.45. The molecule has 0 amide bonds. The minimum absolute atomic E-state index is 0.317. The highest BCUT2D eigenvalue weighted by Gasteiger charge is 2.03. The summed E-state index contributed by atoms with van der Waals surface area (Å²) in [6.45, 7) is 1.01. The van der Waals surface area contributed by atoms with Crippen LogP contribution in [0.3, 0.4) is 0 Å². The predicted octanol–water partition coefficient (Wildman–Crippen LogP) is 3.95. The molecule has 2 aromatic carbocycles. The van der Waals surface area contributed by atoms with Gasteiger partial charge in [-0.25, -0.2) is 8.78 Å². The Morgan fingerprint density at radius 1 is 1.00 bits per heavy atom. The number of hydrogen-bond acceptors (Lipinski definition) is 1. The molecule has 0 aliphatic heterocycles. The lowest BCUT2D eigenvalue weighted by molar-refractivity contribution is 0.569. The maximum atomic E-state index is 13.3. The molecule has 0 aromatic heterocycles. The Kier molecular flexibility index (Phi) is 4.88. The van der Waals surface area contributed by atoms with Crippen LogP contribution in [0.2, 0.25) is 5.02 Å². The highest BCUT2D eigenvalue weighted by atomic mass is 35.5. The fourth-order valence-electron chi connectivity index (χ4n) is 1.79. The molecule has 2 rings (SSSR count). The molecule has 0 aliphatic rings. The highest BCUT2D eigenvalue weighted by Crippen LogP contribution is 2.11. The third-order valence-electron chi connectivity index (χ3n) is 2.83. The van der Waals surface area contributed by atoms with Gasteiger partial charge in [-0.2, -0.15) is 0 Å². The number of rotatable bonds is 5. The standard InChI is InChI=1S/C15H14ClF2N/c16-13-3-1-11(2-4-13)7-8-19-10-12-9-14(17)5-6-15(12)18/h1-6,9,19H,7-8,10H2. The summed E-state index contributed by atoms with van der Waals surface area (Å²) in [5.41, 5.74) is 1.49. The zero-order valence-electron chi connectivity index (χ0n) is 10.3. The molecular weight excluding hydrogens is 268 g/mol. The minimum Gasteiger partial charge on any atom is -0.312 e. The first-order valence-corrected chi connectivity index (χ1v) is 6.42. The van der Waals surface area contributed by atoms with Crippen LogP contribution in [0.1, 0.15) is 11.1 Å². The normalized spacial score (nSPS) is 10.7. The number of benzene rings is 2. The summed E-state index contributed by atoms with van der Waals surface area (Å²) in [6, 6.07) is 11.1. The van der Waals surface area contributed by atoms with Crippen molar-refractivity contribution in [3.8, 4) is 0 Å². The van der Waals surface area contributed by atoms with Crippen LogP contribution in [-0.4, -0.2) is 6.54 Å². The van der Waals surface area contributed by atoms with Crippen molar-refractivity contribution in [3.63, 3.8) is 0 Å². The van der Waals surface area contributed by atoms with E-state index in [1.54, 1.807) is 0 Å². The maximum absolute atomic E-state index is 13.3. The molecule has 19 heavy (non-hydrogen) atoms. The van der Waals surface area contributed by atoms with Crippen LogP contribution in [-0.2, 0) is 13.0 Å². The van der Waals surface area contributed by atoms with E-state index in [-0.39, 0.29) is 5.82 Å². The van der Waals surface area contributed by atoms with Crippen LogP contribution < -0.4 is 5.32 Å². The van der Waals surface area contributed by atoms with E-state index in [1.165, 1.54) is 6.07 Å². The molecule has 1 nitrogen and oxygen atoms in total. The van der Waals surface area contributed by atoms with E-state index in [4.69, 9.17) is 11.6 Å². The molecule has 0 atom stereocenters. The number of halogens is 3.